The van der Waals surface area contributed by atoms with E-state index in [-0.39, 0.29) is 10.5 Å². The van der Waals surface area contributed by atoms with Gasteiger partial charge in [-0.25, -0.2) is 12.7 Å². The molecule has 128 valence electrons. The van der Waals surface area contributed by atoms with E-state index in [4.69, 9.17) is 4.74 Å². The van der Waals surface area contributed by atoms with Crippen molar-refractivity contribution in [1.82, 2.24) is 4.31 Å². The average Bonchev–Trinajstić information content (AvgIpc) is 2.56. The molecule has 0 saturated heterocycles. The molecule has 1 N–H and O–H groups in total. The van der Waals surface area contributed by atoms with Crippen molar-refractivity contribution in [1.29, 1.82) is 0 Å². The third-order valence-electron chi connectivity index (χ3n) is 3.59. The number of sulfonamides is 1. The van der Waals surface area contributed by atoms with Gasteiger partial charge in [0.15, 0.2) is 0 Å². The molecule has 0 atom stereocenters. The lowest BCUT2D eigenvalue weighted by Crippen LogP contribution is -2.23. The molecule has 0 saturated carbocycles. The van der Waals surface area contributed by atoms with Crippen molar-refractivity contribution in [3.63, 3.8) is 0 Å². The monoisotopic (exact) mass is 348 g/mol. The topological polar surface area (TPSA) is 75.7 Å². The van der Waals surface area contributed by atoms with Crippen LogP contribution in [0.5, 0.6) is 5.75 Å². The number of benzene rings is 2. The summed E-state index contributed by atoms with van der Waals surface area (Å²) in [6.07, 6.45) is 0. The summed E-state index contributed by atoms with van der Waals surface area (Å²) in [7, 11) is 0.664. The molecule has 0 heterocycles. The standard InChI is InChI=1S/C17H20N2O4S/c1-12-7-5-6-8-15(12)18-17(20)14-11-13(9-10-16(14)23-4)24(21,22)19(2)3/h5-11H,1-4H3,(H,18,20). The number of para-hydroxylation sites is 1. The van der Waals surface area contributed by atoms with E-state index in [1.807, 2.05) is 25.1 Å². The van der Waals surface area contributed by atoms with Gasteiger partial charge >= 0.3 is 0 Å². The summed E-state index contributed by atoms with van der Waals surface area (Å²) in [5.41, 5.74) is 1.72. The second-order valence-corrected chi connectivity index (χ2v) is 7.57. The van der Waals surface area contributed by atoms with Crippen LogP contribution in [0.3, 0.4) is 0 Å². The van der Waals surface area contributed by atoms with Gasteiger partial charge in [-0.05, 0) is 36.8 Å². The first-order chi connectivity index (χ1) is 11.3. The number of aryl methyl sites for hydroxylation is 1. The number of ether oxygens (including phenoxy) is 1. The van der Waals surface area contributed by atoms with Crippen LogP contribution >= 0.6 is 0 Å². The summed E-state index contributed by atoms with van der Waals surface area (Å²) in [6.45, 7) is 1.87. The van der Waals surface area contributed by atoms with Gasteiger partial charge in [-0.2, -0.15) is 0 Å². The van der Waals surface area contributed by atoms with Crippen molar-refractivity contribution in [3.05, 3.63) is 53.6 Å². The first-order valence-corrected chi connectivity index (χ1v) is 8.69. The van der Waals surface area contributed by atoms with E-state index >= 15 is 0 Å². The molecular formula is C17H20N2O4S. The highest BCUT2D eigenvalue weighted by Gasteiger charge is 2.22. The van der Waals surface area contributed by atoms with Crippen molar-refractivity contribution in [2.24, 2.45) is 0 Å². The van der Waals surface area contributed by atoms with Crippen LogP contribution in [0.15, 0.2) is 47.4 Å². The van der Waals surface area contributed by atoms with Crippen LogP contribution in [0, 0.1) is 6.92 Å². The van der Waals surface area contributed by atoms with Gasteiger partial charge in [0.1, 0.15) is 5.75 Å². The lowest BCUT2D eigenvalue weighted by Gasteiger charge is -2.15. The minimum Gasteiger partial charge on any atom is -0.496 e. The molecule has 0 fully saturated rings. The molecule has 0 unspecified atom stereocenters. The molecular weight excluding hydrogens is 328 g/mol. The Balaban J connectivity index is 2.45. The zero-order valence-corrected chi connectivity index (χ0v) is 14.8. The maximum Gasteiger partial charge on any atom is 0.259 e. The summed E-state index contributed by atoms with van der Waals surface area (Å²) in [5.74, 6) is -0.129. The molecule has 0 spiro atoms. The molecule has 0 bridgehead atoms. The van der Waals surface area contributed by atoms with E-state index in [1.54, 1.807) is 6.07 Å². The van der Waals surface area contributed by atoms with Crippen molar-refractivity contribution >= 4 is 21.6 Å². The van der Waals surface area contributed by atoms with E-state index < -0.39 is 15.9 Å². The molecule has 6 nitrogen and oxygen atoms in total. The zero-order chi connectivity index (χ0) is 17.9. The number of nitrogens with zero attached hydrogens (tertiary/aromatic N) is 1. The minimum atomic E-state index is -3.64. The van der Waals surface area contributed by atoms with Gasteiger partial charge in [-0.15, -0.1) is 0 Å². The van der Waals surface area contributed by atoms with E-state index in [0.717, 1.165) is 9.87 Å². The highest BCUT2D eigenvalue weighted by molar-refractivity contribution is 7.89. The molecule has 0 aliphatic rings. The number of carbonyl (C=O) groups is 1. The summed E-state index contributed by atoms with van der Waals surface area (Å²) in [6, 6.07) is 11.5. The van der Waals surface area contributed by atoms with Crippen LogP contribution in [0.1, 0.15) is 15.9 Å². The molecule has 0 aromatic heterocycles. The fourth-order valence-electron chi connectivity index (χ4n) is 2.14. The maximum absolute atomic E-state index is 12.6. The summed E-state index contributed by atoms with van der Waals surface area (Å²) in [5, 5.41) is 2.78. The van der Waals surface area contributed by atoms with Gasteiger partial charge in [0.2, 0.25) is 10.0 Å². The fourth-order valence-corrected chi connectivity index (χ4v) is 3.07. The quantitative estimate of drug-likeness (QED) is 0.901. The van der Waals surface area contributed by atoms with Crippen LogP contribution in [0.2, 0.25) is 0 Å². The maximum atomic E-state index is 12.6. The Kier molecular flexibility index (Phi) is 5.26. The zero-order valence-electron chi connectivity index (χ0n) is 14.0. The molecule has 7 heteroatoms. The molecule has 0 aliphatic carbocycles. The lowest BCUT2D eigenvalue weighted by atomic mass is 10.1. The molecule has 24 heavy (non-hydrogen) atoms. The van der Waals surface area contributed by atoms with E-state index in [1.165, 1.54) is 39.4 Å². The van der Waals surface area contributed by atoms with Gasteiger partial charge in [0.25, 0.3) is 5.91 Å². The Morgan fingerprint density at radius 2 is 1.79 bits per heavy atom. The largest absolute Gasteiger partial charge is 0.496 e. The molecule has 0 radical (unpaired) electrons. The summed E-state index contributed by atoms with van der Waals surface area (Å²) in [4.78, 5) is 12.6. The van der Waals surface area contributed by atoms with Crippen LogP contribution in [-0.4, -0.2) is 39.8 Å². The second-order valence-electron chi connectivity index (χ2n) is 5.42. The number of amides is 1. The molecule has 1 amide bonds. The van der Waals surface area contributed by atoms with E-state index in [9.17, 15) is 13.2 Å². The van der Waals surface area contributed by atoms with Gasteiger partial charge < -0.3 is 10.1 Å². The molecule has 0 aliphatic heterocycles. The molecule has 2 aromatic rings. The summed E-state index contributed by atoms with van der Waals surface area (Å²) < 4.78 is 30.8. The Bertz CT molecular complexity index is 861. The number of hydrogen-bond acceptors (Lipinski definition) is 4. The van der Waals surface area contributed by atoms with Crippen molar-refractivity contribution < 1.29 is 17.9 Å². The fraction of sp³-hybridized carbons (Fsp3) is 0.235. The third-order valence-corrected chi connectivity index (χ3v) is 5.40. The first-order valence-electron chi connectivity index (χ1n) is 7.25. The predicted octanol–water partition coefficient (Wildman–Crippen LogP) is 2.51. The van der Waals surface area contributed by atoms with Gasteiger partial charge in [0, 0.05) is 19.8 Å². The Labute approximate surface area is 142 Å². The van der Waals surface area contributed by atoms with Crippen LogP contribution in [0.4, 0.5) is 5.69 Å². The number of rotatable bonds is 5. The second kappa shape index (κ2) is 7.02. The normalized spacial score (nSPS) is 11.4. The number of carbonyl (C=O) groups excluding carboxylic acids is 1. The number of hydrogen-bond donors (Lipinski definition) is 1. The predicted molar refractivity (Wildman–Crippen MR) is 93.0 cm³/mol. The van der Waals surface area contributed by atoms with Crippen LogP contribution in [-0.2, 0) is 10.0 Å². The third kappa shape index (κ3) is 3.58. The minimum absolute atomic E-state index is 0.0308. The smallest absolute Gasteiger partial charge is 0.259 e. The van der Waals surface area contributed by atoms with Crippen LogP contribution < -0.4 is 10.1 Å². The highest BCUT2D eigenvalue weighted by Crippen LogP contribution is 2.25. The molecule has 2 rings (SSSR count). The highest BCUT2D eigenvalue weighted by atomic mass is 32.2. The van der Waals surface area contributed by atoms with Crippen molar-refractivity contribution in [2.75, 3.05) is 26.5 Å². The van der Waals surface area contributed by atoms with Gasteiger partial charge in [-0.3, -0.25) is 4.79 Å². The first kappa shape index (κ1) is 18.0. The Morgan fingerprint density at radius 1 is 1.12 bits per heavy atom. The lowest BCUT2D eigenvalue weighted by molar-refractivity contribution is 0.102. The Morgan fingerprint density at radius 3 is 2.38 bits per heavy atom. The van der Waals surface area contributed by atoms with E-state index in [2.05, 4.69) is 5.32 Å². The van der Waals surface area contributed by atoms with Crippen LogP contribution in [0.25, 0.3) is 0 Å². The van der Waals surface area contributed by atoms with Gasteiger partial charge in [-0.1, -0.05) is 18.2 Å². The number of methoxy groups -OCH3 is 1. The van der Waals surface area contributed by atoms with E-state index in [0.29, 0.717) is 11.4 Å². The SMILES string of the molecule is COc1ccc(S(=O)(=O)N(C)C)cc1C(=O)Nc1ccccc1C. The summed E-state index contributed by atoms with van der Waals surface area (Å²) >= 11 is 0. The number of anilines is 1. The van der Waals surface area contributed by atoms with Crippen molar-refractivity contribution in [3.8, 4) is 5.75 Å². The average molecular weight is 348 g/mol. The van der Waals surface area contributed by atoms with Crippen molar-refractivity contribution in [2.45, 2.75) is 11.8 Å². The Hall–Kier alpha value is -2.38. The number of nitrogens with one attached hydrogen (secondary N) is 1. The van der Waals surface area contributed by atoms with Gasteiger partial charge in [0.05, 0.1) is 17.6 Å². The molecule has 2 aromatic carbocycles.